The summed E-state index contributed by atoms with van der Waals surface area (Å²) in [5.74, 6) is 0. The van der Waals surface area contributed by atoms with Gasteiger partial charge in [-0.05, 0) is 37.8 Å². The van der Waals surface area contributed by atoms with E-state index in [-0.39, 0.29) is 41.9 Å². The maximum atomic E-state index is 4.89. The molecule has 4 rings (SSSR count). The van der Waals surface area contributed by atoms with Crippen molar-refractivity contribution in [2.75, 3.05) is 13.1 Å². The molecule has 2 heterocycles. The monoisotopic (exact) mass is 482 g/mol. The Hall–Kier alpha value is 0.0895. The van der Waals surface area contributed by atoms with Crippen LogP contribution in [0.25, 0.3) is 0 Å². The van der Waals surface area contributed by atoms with Crippen LogP contribution in [0.2, 0.25) is 0 Å². The van der Waals surface area contributed by atoms with Crippen molar-refractivity contribution in [2.45, 2.75) is 88.6 Å². The van der Waals surface area contributed by atoms with Gasteiger partial charge in [0.25, 0.3) is 0 Å². The third kappa shape index (κ3) is 7.93. The summed E-state index contributed by atoms with van der Waals surface area (Å²) in [4.78, 5) is 4.89. The molecular formula is C21H35Cl2MnN5-2. The van der Waals surface area contributed by atoms with Gasteiger partial charge in [-0.3, -0.25) is 4.98 Å². The first-order chi connectivity index (χ1) is 12.9. The molecule has 29 heavy (non-hydrogen) atoms. The van der Waals surface area contributed by atoms with Crippen LogP contribution in [0, 0.1) is 0 Å². The van der Waals surface area contributed by atoms with Crippen LogP contribution in [0.3, 0.4) is 0 Å². The van der Waals surface area contributed by atoms with Crippen LogP contribution >= 0.6 is 0 Å². The molecule has 1 aromatic rings. The topological polar surface area (TPSA) is 61.0 Å². The van der Waals surface area contributed by atoms with Crippen molar-refractivity contribution in [2.24, 2.45) is 0 Å². The van der Waals surface area contributed by atoms with Crippen LogP contribution in [0.1, 0.15) is 62.8 Å². The minimum atomic E-state index is 0. The third-order valence-corrected chi connectivity index (χ3v) is 6.43. The van der Waals surface area contributed by atoms with Gasteiger partial charge in [-0.15, -0.1) is 0 Å². The van der Waals surface area contributed by atoms with Crippen LogP contribution < -0.4 is 46.1 Å². The zero-order chi connectivity index (χ0) is 17.6. The van der Waals surface area contributed by atoms with E-state index < -0.39 is 0 Å². The van der Waals surface area contributed by atoms with Crippen molar-refractivity contribution >= 4 is 0 Å². The minimum Gasteiger partial charge on any atom is -1.00 e. The SMILES string of the molecule is [Cl-].[Cl-].[Mn].c1cc2nc(c1)CNC1CCCCC1NCCNC1CCCCC1NC2. The number of nitrogens with zero attached hydrogens (tertiary/aromatic N) is 1. The first kappa shape index (κ1) is 27.1. The summed E-state index contributed by atoms with van der Waals surface area (Å²) in [6.07, 6.45) is 10.5. The second-order valence-electron chi connectivity index (χ2n) is 8.29. The van der Waals surface area contributed by atoms with Gasteiger partial charge < -0.3 is 46.1 Å². The molecule has 5 nitrogen and oxygen atoms in total. The fraction of sp³-hybridized carbons (Fsp3) is 0.762. The molecule has 4 atom stereocenters. The Bertz CT molecular complexity index is 535. The van der Waals surface area contributed by atoms with Crippen molar-refractivity contribution in [1.29, 1.82) is 0 Å². The van der Waals surface area contributed by atoms with Gasteiger partial charge in [-0.1, -0.05) is 31.7 Å². The summed E-state index contributed by atoms with van der Waals surface area (Å²) in [6.45, 7) is 3.89. The molecule has 2 bridgehead atoms. The maximum absolute atomic E-state index is 4.89. The van der Waals surface area contributed by atoms with Gasteiger partial charge >= 0.3 is 0 Å². The van der Waals surface area contributed by atoms with Gasteiger partial charge in [0.1, 0.15) is 0 Å². The zero-order valence-corrected chi connectivity index (χ0v) is 19.8. The smallest absolute Gasteiger partial charge is 0.0545 e. The number of fused-ring (bicyclic) bond motifs is 4. The second kappa shape index (κ2) is 14.2. The quantitative estimate of drug-likeness (QED) is 0.285. The number of rotatable bonds is 0. The van der Waals surface area contributed by atoms with E-state index in [9.17, 15) is 0 Å². The Morgan fingerprint density at radius 3 is 1.41 bits per heavy atom. The summed E-state index contributed by atoms with van der Waals surface area (Å²) in [7, 11) is 0. The van der Waals surface area contributed by atoms with E-state index in [2.05, 4.69) is 39.5 Å². The molecule has 1 aromatic heterocycles. The van der Waals surface area contributed by atoms with Crippen molar-refractivity contribution < 1.29 is 41.9 Å². The average molecular weight is 483 g/mol. The normalized spacial score (nSPS) is 30.5. The van der Waals surface area contributed by atoms with Gasteiger partial charge in [-0.2, -0.15) is 0 Å². The fourth-order valence-electron chi connectivity index (χ4n) is 4.95. The molecule has 1 radical (unpaired) electrons. The number of aromatic nitrogens is 1. The Labute approximate surface area is 199 Å². The molecule has 8 heteroatoms. The van der Waals surface area contributed by atoms with Gasteiger partial charge in [-0.25, -0.2) is 0 Å². The van der Waals surface area contributed by atoms with E-state index in [4.69, 9.17) is 4.98 Å². The number of pyridine rings is 1. The first-order valence-corrected chi connectivity index (χ1v) is 10.8. The molecule has 2 saturated carbocycles. The van der Waals surface area contributed by atoms with Crippen LogP contribution in [0.4, 0.5) is 0 Å². The second-order valence-corrected chi connectivity index (χ2v) is 8.29. The summed E-state index contributed by atoms with van der Waals surface area (Å²) >= 11 is 0. The van der Waals surface area contributed by atoms with Gasteiger partial charge in [0.2, 0.25) is 0 Å². The molecule has 4 N–H and O–H groups in total. The molecule has 4 unspecified atom stereocenters. The molecule has 0 saturated heterocycles. The van der Waals surface area contributed by atoms with Crippen LogP contribution in [0.5, 0.6) is 0 Å². The average Bonchev–Trinajstić information content (AvgIpc) is 2.69. The zero-order valence-electron chi connectivity index (χ0n) is 17.1. The molecule has 0 aromatic carbocycles. The molecule has 0 spiro atoms. The number of halogens is 2. The summed E-state index contributed by atoms with van der Waals surface area (Å²) in [5, 5.41) is 15.2. The third-order valence-electron chi connectivity index (χ3n) is 6.43. The van der Waals surface area contributed by atoms with E-state index in [0.717, 1.165) is 26.2 Å². The van der Waals surface area contributed by atoms with Crippen molar-refractivity contribution in [1.82, 2.24) is 26.3 Å². The Morgan fingerprint density at radius 1 is 0.621 bits per heavy atom. The molecule has 167 valence electrons. The van der Waals surface area contributed by atoms with E-state index in [1.807, 2.05) is 0 Å². The van der Waals surface area contributed by atoms with Crippen LogP contribution in [-0.2, 0) is 30.2 Å². The Balaban J connectivity index is 0.00000140. The van der Waals surface area contributed by atoms with Crippen molar-refractivity contribution in [3.05, 3.63) is 29.6 Å². The molecule has 2 fully saturated rings. The minimum absolute atomic E-state index is 0. The summed E-state index contributed by atoms with van der Waals surface area (Å²) < 4.78 is 0. The summed E-state index contributed by atoms with van der Waals surface area (Å²) in [6, 6.07) is 8.81. The predicted molar refractivity (Wildman–Crippen MR) is 106 cm³/mol. The van der Waals surface area contributed by atoms with Crippen LogP contribution in [0.15, 0.2) is 18.2 Å². The molecule has 0 amide bonds. The summed E-state index contributed by atoms with van der Waals surface area (Å²) in [5.41, 5.74) is 2.34. The number of hydrogen-bond acceptors (Lipinski definition) is 5. The van der Waals surface area contributed by atoms with Crippen LogP contribution in [-0.4, -0.2) is 42.2 Å². The molecular weight excluding hydrogens is 448 g/mol. The molecule has 3 aliphatic rings. The van der Waals surface area contributed by atoms with E-state index >= 15 is 0 Å². The van der Waals surface area contributed by atoms with Crippen molar-refractivity contribution in [3.63, 3.8) is 0 Å². The van der Waals surface area contributed by atoms with E-state index in [1.54, 1.807) is 0 Å². The van der Waals surface area contributed by atoms with Gasteiger partial charge in [0.05, 0.1) is 11.4 Å². The Kier molecular flexibility index (Phi) is 13.3. The largest absolute Gasteiger partial charge is 1.00 e. The van der Waals surface area contributed by atoms with Gasteiger partial charge in [0.15, 0.2) is 0 Å². The predicted octanol–water partition coefficient (Wildman–Crippen LogP) is -3.92. The molecule has 1 aliphatic heterocycles. The standard InChI is InChI=1S/C21H35N5.2ClH.Mn/c1-3-10-20-18(8-1)22-12-13-23-19-9-2-4-11-21(19)25-15-17-7-5-6-16(26-17)14-24-20;;;/h5-7,18-25H,1-4,8-15H2;2*1H;/p-2. The molecule has 2 aliphatic carbocycles. The number of nitrogens with one attached hydrogen (secondary N) is 4. The Morgan fingerprint density at radius 2 is 1.00 bits per heavy atom. The van der Waals surface area contributed by atoms with Gasteiger partial charge in [0, 0.05) is 67.4 Å². The van der Waals surface area contributed by atoms with E-state index in [0.29, 0.717) is 24.2 Å². The number of hydrogen-bond donors (Lipinski definition) is 4. The van der Waals surface area contributed by atoms with Crippen molar-refractivity contribution in [3.8, 4) is 0 Å². The maximum Gasteiger partial charge on any atom is 0.0545 e. The first-order valence-electron chi connectivity index (χ1n) is 10.8. The van der Waals surface area contributed by atoms with E-state index in [1.165, 1.54) is 62.8 Å². The fourth-order valence-corrected chi connectivity index (χ4v) is 4.95.